The molecule has 2 aromatic carbocycles. The van der Waals surface area contributed by atoms with Crippen molar-refractivity contribution in [1.29, 1.82) is 0 Å². The smallest absolute Gasteiger partial charge is 0.262 e. The van der Waals surface area contributed by atoms with Gasteiger partial charge in [0.15, 0.2) is 5.82 Å². The minimum absolute atomic E-state index is 0.129. The molecule has 3 aromatic rings. The van der Waals surface area contributed by atoms with Crippen LogP contribution in [0.2, 0.25) is 0 Å². The van der Waals surface area contributed by atoms with Crippen LogP contribution >= 0.6 is 11.6 Å². The number of tetrazole rings is 1. The normalized spacial score (nSPS) is 18.9. The topological polar surface area (TPSA) is 93.0 Å². The quantitative estimate of drug-likeness (QED) is 0.534. The molecular formula is C18H15ClN6O2. The van der Waals surface area contributed by atoms with E-state index < -0.39 is 17.3 Å². The molecule has 1 N–H and O–H groups in total. The fourth-order valence-electron chi connectivity index (χ4n) is 2.96. The lowest BCUT2D eigenvalue weighted by molar-refractivity contribution is -0.156. The molecule has 0 spiro atoms. The average molecular weight is 383 g/mol. The highest BCUT2D eigenvalue weighted by Crippen LogP contribution is 2.36. The number of hydrogen-bond acceptors (Lipinski definition) is 5. The molecular weight excluding hydrogens is 368 g/mol. The Bertz CT molecular complexity index is 962. The summed E-state index contributed by atoms with van der Waals surface area (Å²) in [6.07, 6.45) is 0. The van der Waals surface area contributed by atoms with Crippen molar-refractivity contribution in [2.75, 3.05) is 0 Å². The summed E-state index contributed by atoms with van der Waals surface area (Å²) in [5.41, 5.74) is 4.25. The van der Waals surface area contributed by atoms with E-state index >= 15 is 0 Å². The third-order valence-corrected chi connectivity index (χ3v) is 4.70. The average Bonchev–Trinajstić information content (AvgIpc) is 3.16. The Hall–Kier alpha value is -3.26. The van der Waals surface area contributed by atoms with Gasteiger partial charge >= 0.3 is 0 Å². The Morgan fingerprint density at radius 1 is 1.07 bits per heavy atom. The van der Waals surface area contributed by atoms with Crippen LogP contribution in [0.3, 0.4) is 0 Å². The minimum atomic E-state index is -0.708. The summed E-state index contributed by atoms with van der Waals surface area (Å²) in [5.74, 6) is -0.299. The molecule has 1 fully saturated rings. The lowest BCUT2D eigenvalue weighted by Crippen LogP contribution is -2.63. The molecule has 1 aliphatic rings. The van der Waals surface area contributed by atoms with Crippen molar-refractivity contribution in [3.05, 3.63) is 66.2 Å². The predicted octanol–water partition coefficient (Wildman–Crippen LogP) is 1.56. The van der Waals surface area contributed by atoms with E-state index in [0.717, 1.165) is 11.1 Å². The van der Waals surface area contributed by atoms with Gasteiger partial charge < -0.3 is 0 Å². The highest BCUT2D eigenvalue weighted by molar-refractivity contribution is 6.33. The lowest BCUT2D eigenvalue weighted by atomic mass is 9.95. The van der Waals surface area contributed by atoms with Crippen molar-refractivity contribution >= 4 is 23.4 Å². The molecule has 2 amide bonds. The molecule has 2 heterocycles. The Kier molecular flexibility index (Phi) is 4.55. The number of hydrogen-bond donors (Lipinski definition) is 1. The van der Waals surface area contributed by atoms with Crippen LogP contribution in [0.15, 0.2) is 60.7 Å². The van der Waals surface area contributed by atoms with E-state index in [-0.39, 0.29) is 12.5 Å². The van der Waals surface area contributed by atoms with E-state index in [1.807, 2.05) is 60.7 Å². The van der Waals surface area contributed by atoms with Gasteiger partial charge in [-0.2, -0.15) is 0 Å². The van der Waals surface area contributed by atoms with E-state index in [9.17, 15) is 9.59 Å². The molecule has 0 radical (unpaired) electrons. The molecule has 1 saturated heterocycles. The maximum atomic E-state index is 12.5. The van der Waals surface area contributed by atoms with Gasteiger partial charge in [0.2, 0.25) is 0 Å². The first kappa shape index (κ1) is 17.2. The molecule has 136 valence electrons. The van der Waals surface area contributed by atoms with Crippen LogP contribution in [-0.4, -0.2) is 42.4 Å². The zero-order chi connectivity index (χ0) is 18.8. The summed E-state index contributed by atoms with van der Waals surface area (Å²) in [5, 5.41) is 12.0. The number of benzene rings is 2. The van der Waals surface area contributed by atoms with Crippen molar-refractivity contribution in [2.45, 2.75) is 18.0 Å². The number of alkyl halides is 1. The number of β-lactam (4-membered cyclic amide) rings is 1. The van der Waals surface area contributed by atoms with Crippen molar-refractivity contribution in [1.82, 2.24) is 30.6 Å². The number of carbonyl (C=O) groups is 2. The number of rotatable bonds is 5. The molecule has 1 aliphatic heterocycles. The number of carbonyl (C=O) groups excluding carboxylic acids is 2. The Labute approximate surface area is 159 Å². The van der Waals surface area contributed by atoms with Gasteiger partial charge in [-0.05, 0) is 16.0 Å². The van der Waals surface area contributed by atoms with Crippen molar-refractivity contribution < 1.29 is 9.59 Å². The molecule has 27 heavy (non-hydrogen) atoms. The summed E-state index contributed by atoms with van der Waals surface area (Å²) >= 11 is 6.15. The van der Waals surface area contributed by atoms with Crippen LogP contribution in [-0.2, 0) is 16.1 Å². The summed E-state index contributed by atoms with van der Waals surface area (Å²) in [7, 11) is 0. The summed E-state index contributed by atoms with van der Waals surface area (Å²) in [4.78, 5) is 24.6. The number of amides is 2. The first-order valence-electron chi connectivity index (χ1n) is 8.28. The van der Waals surface area contributed by atoms with Gasteiger partial charge in [0, 0.05) is 5.56 Å². The molecule has 9 heteroatoms. The standard InChI is InChI=1S/C18H15ClN6O2/c19-15-16(12-7-3-1-4-8-12)25(18(15)27)21-14(26)11-24-17(20-22-23-24)13-9-5-2-6-10-13/h1-10,15-16H,11H2,(H,21,26). The molecule has 0 bridgehead atoms. The van der Waals surface area contributed by atoms with Gasteiger partial charge in [-0.25, -0.2) is 9.69 Å². The molecule has 2 unspecified atom stereocenters. The fourth-order valence-corrected chi connectivity index (χ4v) is 3.32. The van der Waals surface area contributed by atoms with E-state index in [1.165, 1.54) is 9.69 Å². The van der Waals surface area contributed by atoms with E-state index in [2.05, 4.69) is 21.0 Å². The zero-order valence-electron chi connectivity index (χ0n) is 14.1. The number of hydrazine groups is 1. The maximum Gasteiger partial charge on any atom is 0.262 e. The van der Waals surface area contributed by atoms with Crippen LogP contribution in [0.4, 0.5) is 0 Å². The Morgan fingerprint density at radius 2 is 1.74 bits per heavy atom. The number of nitrogens with zero attached hydrogens (tertiary/aromatic N) is 5. The van der Waals surface area contributed by atoms with E-state index in [1.54, 1.807) is 0 Å². The van der Waals surface area contributed by atoms with Crippen LogP contribution in [0.1, 0.15) is 11.6 Å². The second-order valence-electron chi connectivity index (χ2n) is 6.03. The Morgan fingerprint density at radius 3 is 2.44 bits per heavy atom. The van der Waals surface area contributed by atoms with Crippen molar-refractivity contribution in [2.24, 2.45) is 0 Å². The van der Waals surface area contributed by atoms with Gasteiger partial charge in [-0.1, -0.05) is 60.7 Å². The van der Waals surface area contributed by atoms with Crippen molar-refractivity contribution in [3.63, 3.8) is 0 Å². The largest absolute Gasteiger partial charge is 0.271 e. The summed E-state index contributed by atoms with van der Waals surface area (Å²) in [6, 6.07) is 18.2. The summed E-state index contributed by atoms with van der Waals surface area (Å²) < 4.78 is 1.38. The highest BCUT2D eigenvalue weighted by atomic mass is 35.5. The first-order valence-corrected chi connectivity index (χ1v) is 8.72. The maximum absolute atomic E-state index is 12.5. The van der Waals surface area contributed by atoms with E-state index in [4.69, 9.17) is 11.6 Å². The molecule has 2 atom stereocenters. The fraction of sp³-hybridized carbons (Fsp3) is 0.167. The molecule has 0 saturated carbocycles. The Balaban J connectivity index is 1.47. The van der Waals surface area contributed by atoms with Crippen LogP contribution in [0.25, 0.3) is 11.4 Å². The minimum Gasteiger partial charge on any atom is -0.271 e. The van der Waals surface area contributed by atoms with Gasteiger partial charge in [0.1, 0.15) is 18.0 Å². The van der Waals surface area contributed by atoms with Crippen LogP contribution in [0.5, 0.6) is 0 Å². The third kappa shape index (κ3) is 3.26. The van der Waals surface area contributed by atoms with Gasteiger partial charge in [0.05, 0.1) is 0 Å². The third-order valence-electron chi connectivity index (χ3n) is 4.27. The first-order chi connectivity index (χ1) is 13.1. The molecule has 1 aromatic heterocycles. The lowest BCUT2D eigenvalue weighted by Gasteiger charge is -2.43. The monoisotopic (exact) mass is 382 g/mol. The molecule has 0 aliphatic carbocycles. The van der Waals surface area contributed by atoms with Gasteiger partial charge in [0.25, 0.3) is 11.8 Å². The van der Waals surface area contributed by atoms with Gasteiger partial charge in [-0.3, -0.25) is 15.0 Å². The SMILES string of the molecule is O=C(Cn1nnnc1-c1ccccc1)NN1C(=O)C(Cl)C1c1ccccc1. The number of halogens is 1. The second-order valence-corrected chi connectivity index (χ2v) is 6.50. The zero-order valence-corrected chi connectivity index (χ0v) is 14.8. The van der Waals surface area contributed by atoms with Crippen LogP contribution < -0.4 is 5.43 Å². The van der Waals surface area contributed by atoms with Crippen molar-refractivity contribution in [3.8, 4) is 11.4 Å². The highest BCUT2D eigenvalue weighted by Gasteiger charge is 2.48. The van der Waals surface area contributed by atoms with E-state index in [0.29, 0.717) is 5.82 Å². The molecule has 4 rings (SSSR count). The number of nitrogens with one attached hydrogen (secondary N) is 1. The summed E-state index contributed by atoms with van der Waals surface area (Å²) in [6.45, 7) is -0.129. The van der Waals surface area contributed by atoms with Crippen LogP contribution in [0, 0.1) is 0 Å². The number of aromatic nitrogens is 4. The second kappa shape index (κ2) is 7.16. The predicted molar refractivity (Wildman–Crippen MR) is 97.1 cm³/mol. The molecule has 8 nitrogen and oxygen atoms in total. The van der Waals surface area contributed by atoms with Gasteiger partial charge in [-0.15, -0.1) is 16.7 Å².